The van der Waals surface area contributed by atoms with Crippen molar-refractivity contribution in [1.29, 1.82) is 0 Å². The first kappa shape index (κ1) is 18.4. The second-order valence-corrected chi connectivity index (χ2v) is 12.1. The van der Waals surface area contributed by atoms with E-state index in [4.69, 9.17) is 0 Å². The van der Waals surface area contributed by atoms with Crippen LogP contribution in [0.1, 0.15) is 43.4 Å². The summed E-state index contributed by atoms with van der Waals surface area (Å²) < 4.78 is 4.05. The molecule has 29 heavy (non-hydrogen) atoms. The molecule has 0 radical (unpaired) electrons. The van der Waals surface area contributed by atoms with Crippen LogP contribution < -0.4 is 0 Å². The first-order chi connectivity index (χ1) is 14.2. The van der Waals surface area contributed by atoms with Crippen LogP contribution in [0, 0.1) is 5.92 Å². The molecule has 0 spiro atoms. The largest absolute Gasteiger partial charge is 0.140 e. The molecule has 5 aromatic rings. The molecule has 3 aromatic carbocycles. The van der Waals surface area contributed by atoms with Crippen LogP contribution >= 0.6 is 38.6 Å². The molecule has 0 atom stereocenters. The van der Waals surface area contributed by atoms with E-state index in [1.54, 1.807) is 4.88 Å². The van der Waals surface area contributed by atoms with Gasteiger partial charge < -0.3 is 0 Å². The van der Waals surface area contributed by atoms with E-state index in [1.807, 2.05) is 22.7 Å². The predicted octanol–water partition coefficient (Wildman–Crippen LogP) is 9.70. The van der Waals surface area contributed by atoms with Crippen LogP contribution in [0.25, 0.3) is 41.7 Å². The second kappa shape index (κ2) is 7.37. The van der Waals surface area contributed by atoms with Gasteiger partial charge in [-0.25, -0.2) is 0 Å². The van der Waals surface area contributed by atoms with Gasteiger partial charge in [-0.05, 0) is 80.5 Å². The molecule has 1 aliphatic carbocycles. The summed E-state index contributed by atoms with van der Waals surface area (Å²) in [4.78, 5) is 1.56. The zero-order valence-electron chi connectivity index (χ0n) is 16.3. The molecule has 6 rings (SSSR count). The summed E-state index contributed by atoms with van der Waals surface area (Å²) in [5.74, 6) is 1.01. The van der Waals surface area contributed by atoms with E-state index in [0.717, 1.165) is 5.92 Å². The van der Waals surface area contributed by atoms with Crippen LogP contribution in [0.3, 0.4) is 0 Å². The van der Waals surface area contributed by atoms with Crippen molar-refractivity contribution in [2.45, 2.75) is 44.9 Å². The Morgan fingerprint density at radius 1 is 0.759 bits per heavy atom. The quantitative estimate of drug-likeness (QED) is 0.225. The van der Waals surface area contributed by atoms with Gasteiger partial charge in [0.15, 0.2) is 0 Å². The average molecular weight is 480 g/mol. The average Bonchev–Trinajstić information content (AvgIpc) is 3.45. The minimum atomic E-state index is 1.01. The van der Waals surface area contributed by atoms with Gasteiger partial charge in [0.1, 0.15) is 0 Å². The summed E-state index contributed by atoms with van der Waals surface area (Å²) in [6.07, 6.45) is 9.88. The Labute approximate surface area is 187 Å². The van der Waals surface area contributed by atoms with Gasteiger partial charge in [-0.3, -0.25) is 0 Å². The zero-order valence-corrected chi connectivity index (χ0v) is 19.6. The summed E-state index contributed by atoms with van der Waals surface area (Å²) in [6, 6.07) is 18.7. The molecule has 0 nitrogen and oxygen atoms in total. The summed E-state index contributed by atoms with van der Waals surface area (Å²) in [5, 5.41) is 8.24. The van der Waals surface area contributed by atoms with Crippen LogP contribution in [-0.2, 0) is 6.42 Å². The maximum Gasteiger partial charge on any atom is 0.0711 e. The van der Waals surface area contributed by atoms with Crippen LogP contribution in [-0.4, -0.2) is 0 Å². The van der Waals surface area contributed by atoms with Crippen molar-refractivity contribution < 1.29 is 0 Å². The molecule has 1 fully saturated rings. The Morgan fingerprint density at radius 3 is 2.10 bits per heavy atom. The monoisotopic (exact) mass is 478 g/mol. The first-order valence-electron chi connectivity index (χ1n) is 10.7. The summed E-state index contributed by atoms with van der Waals surface area (Å²) >= 11 is 7.51. The van der Waals surface area contributed by atoms with E-state index in [0.29, 0.717) is 0 Å². The van der Waals surface area contributed by atoms with Crippen molar-refractivity contribution in [3.05, 3.63) is 57.2 Å². The molecule has 146 valence electrons. The molecule has 2 heterocycles. The van der Waals surface area contributed by atoms with Gasteiger partial charge in [-0.15, -0.1) is 22.7 Å². The number of hydrogen-bond acceptors (Lipinski definition) is 2. The highest BCUT2D eigenvalue weighted by Crippen LogP contribution is 2.40. The highest BCUT2D eigenvalue weighted by molar-refractivity contribution is 9.11. The minimum absolute atomic E-state index is 1.01. The lowest BCUT2D eigenvalue weighted by Gasteiger charge is -2.06. The van der Waals surface area contributed by atoms with E-state index in [9.17, 15) is 0 Å². The lowest BCUT2D eigenvalue weighted by atomic mass is 10.00. The molecule has 0 unspecified atom stereocenters. The van der Waals surface area contributed by atoms with Gasteiger partial charge in [0.05, 0.1) is 3.79 Å². The highest BCUT2D eigenvalue weighted by Gasteiger charge is 2.15. The molecule has 0 amide bonds. The lowest BCUT2D eigenvalue weighted by molar-refractivity contribution is 0.485. The molecule has 0 bridgehead atoms. The summed E-state index contributed by atoms with van der Waals surface area (Å²) in [7, 11) is 0. The number of thiophene rings is 2. The Bertz CT molecular complexity index is 1350. The molecular formula is C26H23BrS2. The molecule has 3 heteroatoms. The van der Waals surface area contributed by atoms with Gasteiger partial charge in [0, 0.05) is 25.0 Å². The van der Waals surface area contributed by atoms with Crippen molar-refractivity contribution in [1.82, 2.24) is 0 Å². The number of hydrogen-bond donors (Lipinski definition) is 0. The van der Waals surface area contributed by atoms with Crippen LogP contribution in [0.15, 0.2) is 52.3 Å². The molecule has 0 N–H and O–H groups in total. The number of benzene rings is 3. The molecule has 2 aromatic heterocycles. The maximum atomic E-state index is 3.66. The van der Waals surface area contributed by atoms with E-state index in [2.05, 4.69) is 64.5 Å². The van der Waals surface area contributed by atoms with E-state index < -0.39 is 0 Å². The third kappa shape index (κ3) is 3.32. The third-order valence-corrected chi connectivity index (χ3v) is 9.58. The van der Waals surface area contributed by atoms with Gasteiger partial charge in [0.2, 0.25) is 0 Å². The SMILES string of the molecule is Brc1cc2ccc3cc4c(ccc5cc(CCCC6CCCC6)sc54)cc3c2s1. The van der Waals surface area contributed by atoms with Crippen LogP contribution in [0.4, 0.5) is 0 Å². The fourth-order valence-electron chi connectivity index (χ4n) is 5.15. The van der Waals surface area contributed by atoms with Crippen molar-refractivity contribution in [2.75, 3.05) is 0 Å². The number of rotatable bonds is 4. The zero-order chi connectivity index (χ0) is 19.4. The standard InChI is InChI=1S/C26H23BrS2/c27-24-15-20-11-9-18-13-22-17(14-23(18)26(20)29-24)8-10-19-12-21(28-25(19)22)7-3-6-16-4-1-2-5-16/h8-16H,1-7H2. The van der Waals surface area contributed by atoms with Crippen molar-refractivity contribution >= 4 is 80.3 Å². The van der Waals surface area contributed by atoms with E-state index >= 15 is 0 Å². The van der Waals surface area contributed by atoms with Crippen molar-refractivity contribution in [2.24, 2.45) is 5.92 Å². The van der Waals surface area contributed by atoms with E-state index in [1.165, 1.54) is 90.4 Å². The fourth-order valence-corrected chi connectivity index (χ4v) is 8.02. The molecular weight excluding hydrogens is 456 g/mol. The maximum absolute atomic E-state index is 3.66. The van der Waals surface area contributed by atoms with E-state index in [-0.39, 0.29) is 0 Å². The normalized spacial score (nSPS) is 15.5. The molecule has 1 aliphatic rings. The highest BCUT2D eigenvalue weighted by atomic mass is 79.9. The number of aryl methyl sites for hydroxylation is 1. The number of halogens is 1. The lowest BCUT2D eigenvalue weighted by Crippen LogP contribution is -1.93. The number of fused-ring (bicyclic) bond motifs is 6. The Balaban J connectivity index is 1.40. The second-order valence-electron chi connectivity index (χ2n) is 8.57. The van der Waals surface area contributed by atoms with Crippen LogP contribution in [0.2, 0.25) is 0 Å². The molecule has 1 saturated carbocycles. The Kier molecular flexibility index (Phi) is 4.66. The topological polar surface area (TPSA) is 0 Å². The van der Waals surface area contributed by atoms with Gasteiger partial charge >= 0.3 is 0 Å². The third-order valence-electron chi connectivity index (χ3n) is 6.65. The molecule has 0 saturated heterocycles. The van der Waals surface area contributed by atoms with Crippen molar-refractivity contribution in [3.63, 3.8) is 0 Å². The Hall–Kier alpha value is -1.42. The first-order valence-corrected chi connectivity index (χ1v) is 13.1. The predicted molar refractivity (Wildman–Crippen MR) is 135 cm³/mol. The summed E-state index contributed by atoms with van der Waals surface area (Å²) in [5.41, 5.74) is 0. The van der Waals surface area contributed by atoms with Crippen molar-refractivity contribution in [3.8, 4) is 0 Å². The Morgan fingerprint density at radius 2 is 1.38 bits per heavy atom. The fraction of sp³-hybridized carbons (Fsp3) is 0.308. The van der Waals surface area contributed by atoms with Gasteiger partial charge in [-0.1, -0.05) is 56.4 Å². The smallest absolute Gasteiger partial charge is 0.0711 e. The molecule has 0 aliphatic heterocycles. The van der Waals surface area contributed by atoms with Gasteiger partial charge in [-0.2, -0.15) is 0 Å². The van der Waals surface area contributed by atoms with Crippen LogP contribution in [0.5, 0.6) is 0 Å². The summed E-state index contributed by atoms with van der Waals surface area (Å²) in [6.45, 7) is 0. The van der Waals surface area contributed by atoms with Gasteiger partial charge in [0.25, 0.3) is 0 Å². The minimum Gasteiger partial charge on any atom is -0.140 e.